The number of anilines is 1. The van der Waals surface area contributed by atoms with Gasteiger partial charge < -0.3 is 10.2 Å². The Kier molecular flexibility index (Phi) is 6.94. The highest BCUT2D eigenvalue weighted by Gasteiger charge is 2.45. The Hall–Kier alpha value is -2.97. The predicted molar refractivity (Wildman–Crippen MR) is 97.2 cm³/mol. The van der Waals surface area contributed by atoms with Gasteiger partial charge >= 0.3 is 5.92 Å². The summed E-state index contributed by atoms with van der Waals surface area (Å²) in [4.78, 5) is 25.4. The van der Waals surface area contributed by atoms with Crippen LogP contribution in [0.15, 0.2) is 36.4 Å². The van der Waals surface area contributed by atoms with Crippen LogP contribution in [0.2, 0.25) is 0 Å². The van der Waals surface area contributed by atoms with Crippen LogP contribution in [0.1, 0.15) is 36.2 Å². The number of nitrogens with one attached hydrogen (secondary N) is 1. The van der Waals surface area contributed by atoms with Gasteiger partial charge in [0.25, 0.3) is 11.8 Å². The van der Waals surface area contributed by atoms with Crippen LogP contribution in [0.25, 0.3) is 0 Å². The summed E-state index contributed by atoms with van der Waals surface area (Å²) in [6, 6.07) is 4.72. The number of amides is 2. The van der Waals surface area contributed by atoms with E-state index in [1.54, 1.807) is 6.92 Å². The summed E-state index contributed by atoms with van der Waals surface area (Å²) in [6.45, 7) is 3.31. The van der Waals surface area contributed by atoms with Crippen LogP contribution in [-0.2, 0) is 10.7 Å². The maximum Gasteiger partial charge on any atom is 0.352 e. The lowest BCUT2D eigenvalue weighted by molar-refractivity contribution is -0.159. The van der Waals surface area contributed by atoms with Crippen molar-refractivity contribution in [3.05, 3.63) is 65.0 Å². The fourth-order valence-corrected chi connectivity index (χ4v) is 2.67. The van der Waals surface area contributed by atoms with Crippen molar-refractivity contribution in [1.82, 2.24) is 4.90 Å². The number of benzene rings is 2. The lowest BCUT2D eigenvalue weighted by Crippen LogP contribution is -2.42. The van der Waals surface area contributed by atoms with E-state index in [0.29, 0.717) is 24.6 Å². The number of carbonyl (C=O) groups excluding carboxylic acids is 2. The molecule has 2 aromatic carbocycles. The van der Waals surface area contributed by atoms with Crippen molar-refractivity contribution in [3.8, 4) is 0 Å². The van der Waals surface area contributed by atoms with Crippen molar-refractivity contribution in [1.29, 1.82) is 0 Å². The van der Waals surface area contributed by atoms with Crippen LogP contribution < -0.4 is 5.32 Å². The Morgan fingerprint density at radius 1 is 0.966 bits per heavy atom. The maximum atomic E-state index is 14.7. The van der Waals surface area contributed by atoms with E-state index in [2.05, 4.69) is 5.32 Å². The minimum absolute atomic E-state index is 0.0141. The van der Waals surface area contributed by atoms with Crippen molar-refractivity contribution in [2.45, 2.75) is 26.2 Å². The third kappa shape index (κ3) is 4.90. The Morgan fingerprint density at radius 2 is 1.62 bits per heavy atom. The number of hydrogen-bond donors (Lipinski definition) is 1. The summed E-state index contributed by atoms with van der Waals surface area (Å²) in [5.74, 6) is -10.4. The highest BCUT2D eigenvalue weighted by Crippen LogP contribution is 2.33. The number of carbonyl (C=O) groups is 2. The summed E-state index contributed by atoms with van der Waals surface area (Å²) in [5, 5.41) is 2.20. The molecular formula is C20H19F5N2O2. The second-order valence-electron chi connectivity index (χ2n) is 6.24. The zero-order valence-electron chi connectivity index (χ0n) is 15.7. The number of likely N-dealkylation sites (N-methyl/N-ethyl adjacent to an activating group) is 1. The Bertz CT molecular complexity index is 918. The molecule has 0 saturated carbocycles. The van der Waals surface area contributed by atoms with Crippen molar-refractivity contribution in [2.75, 3.05) is 18.4 Å². The minimum Gasteiger partial charge on any atom is -0.337 e. The van der Waals surface area contributed by atoms with E-state index < -0.39 is 40.8 Å². The summed E-state index contributed by atoms with van der Waals surface area (Å²) in [7, 11) is 0. The molecule has 0 bridgehead atoms. The van der Waals surface area contributed by atoms with Gasteiger partial charge in [-0.2, -0.15) is 8.78 Å². The first-order chi connectivity index (χ1) is 13.6. The number of halogens is 5. The SMILES string of the molecule is CCCN(CC)C(=O)C(F)(F)c1cc(C(=O)Nc2ccc(F)c(F)c2)ccc1F. The molecule has 0 aliphatic carbocycles. The smallest absolute Gasteiger partial charge is 0.337 e. The van der Waals surface area contributed by atoms with E-state index in [1.165, 1.54) is 6.92 Å². The molecule has 0 fully saturated rings. The van der Waals surface area contributed by atoms with Crippen LogP contribution >= 0.6 is 0 Å². The molecule has 29 heavy (non-hydrogen) atoms. The molecular weight excluding hydrogens is 395 g/mol. The molecule has 2 aromatic rings. The van der Waals surface area contributed by atoms with Crippen molar-refractivity contribution in [2.24, 2.45) is 0 Å². The molecule has 0 saturated heterocycles. The lowest BCUT2D eigenvalue weighted by Gasteiger charge is -2.26. The van der Waals surface area contributed by atoms with E-state index in [4.69, 9.17) is 0 Å². The summed E-state index contributed by atoms with van der Waals surface area (Å²) in [5.41, 5.74) is -1.74. The van der Waals surface area contributed by atoms with Crippen LogP contribution in [0.5, 0.6) is 0 Å². The zero-order chi connectivity index (χ0) is 21.8. The van der Waals surface area contributed by atoms with E-state index >= 15 is 0 Å². The van der Waals surface area contributed by atoms with Gasteiger partial charge in [-0.1, -0.05) is 6.92 Å². The average molecular weight is 414 g/mol. The largest absolute Gasteiger partial charge is 0.352 e. The van der Waals surface area contributed by atoms with Crippen LogP contribution in [0.4, 0.5) is 27.6 Å². The van der Waals surface area contributed by atoms with Gasteiger partial charge in [-0.3, -0.25) is 9.59 Å². The number of rotatable bonds is 7. The summed E-state index contributed by atoms with van der Waals surface area (Å²) >= 11 is 0. The van der Waals surface area contributed by atoms with Crippen molar-refractivity contribution < 1.29 is 31.5 Å². The first-order valence-electron chi connectivity index (χ1n) is 8.85. The Morgan fingerprint density at radius 3 is 2.21 bits per heavy atom. The molecule has 2 rings (SSSR count). The van der Waals surface area contributed by atoms with E-state index in [-0.39, 0.29) is 24.3 Å². The third-order valence-electron chi connectivity index (χ3n) is 4.18. The van der Waals surface area contributed by atoms with Crippen LogP contribution in [-0.4, -0.2) is 29.8 Å². The molecule has 1 N–H and O–H groups in total. The number of nitrogens with zero attached hydrogens (tertiary/aromatic N) is 1. The van der Waals surface area contributed by atoms with Crippen molar-refractivity contribution >= 4 is 17.5 Å². The van der Waals surface area contributed by atoms with Crippen LogP contribution in [0.3, 0.4) is 0 Å². The molecule has 0 heterocycles. The Balaban J connectivity index is 2.33. The quantitative estimate of drug-likeness (QED) is 0.668. The van der Waals surface area contributed by atoms with Gasteiger partial charge in [0.05, 0.1) is 5.56 Å². The fourth-order valence-electron chi connectivity index (χ4n) is 2.67. The van der Waals surface area contributed by atoms with E-state index in [1.807, 2.05) is 0 Å². The number of hydrogen-bond acceptors (Lipinski definition) is 2. The van der Waals surface area contributed by atoms with Gasteiger partial charge in [-0.05, 0) is 43.7 Å². The molecule has 9 heteroatoms. The highest BCUT2D eigenvalue weighted by atomic mass is 19.3. The first-order valence-corrected chi connectivity index (χ1v) is 8.85. The summed E-state index contributed by atoms with van der Waals surface area (Å²) in [6.07, 6.45) is 0.439. The minimum atomic E-state index is -4.19. The summed E-state index contributed by atoms with van der Waals surface area (Å²) < 4.78 is 69.7. The molecule has 0 radical (unpaired) electrons. The average Bonchev–Trinajstić information content (AvgIpc) is 2.68. The predicted octanol–water partition coefficient (Wildman–Crippen LogP) is 4.71. The van der Waals surface area contributed by atoms with Crippen LogP contribution in [0, 0.1) is 17.5 Å². The Labute approximate surface area is 164 Å². The zero-order valence-corrected chi connectivity index (χ0v) is 15.7. The molecule has 156 valence electrons. The van der Waals surface area contributed by atoms with Gasteiger partial charge in [-0.25, -0.2) is 13.2 Å². The maximum absolute atomic E-state index is 14.7. The topological polar surface area (TPSA) is 49.4 Å². The molecule has 0 spiro atoms. The molecule has 0 unspecified atom stereocenters. The number of alkyl halides is 2. The molecule has 0 aliphatic rings. The van der Waals surface area contributed by atoms with Crippen molar-refractivity contribution in [3.63, 3.8) is 0 Å². The second kappa shape index (κ2) is 9.02. The van der Waals surface area contributed by atoms with Gasteiger partial charge in [0.2, 0.25) is 0 Å². The first kappa shape index (κ1) is 22.3. The molecule has 0 aliphatic heterocycles. The fraction of sp³-hybridized carbons (Fsp3) is 0.300. The highest BCUT2D eigenvalue weighted by molar-refractivity contribution is 6.04. The normalized spacial score (nSPS) is 11.3. The molecule has 2 amide bonds. The monoisotopic (exact) mass is 414 g/mol. The molecule has 0 atom stereocenters. The van der Waals surface area contributed by atoms with Gasteiger partial charge in [0.1, 0.15) is 5.82 Å². The standard InChI is InChI=1S/C20H19F5N2O2/c1-3-9-27(4-2)19(29)20(24,25)14-10-12(5-7-15(14)21)18(28)26-13-6-8-16(22)17(23)11-13/h5-8,10-11H,3-4,9H2,1-2H3,(H,26,28). The lowest BCUT2D eigenvalue weighted by atomic mass is 10.0. The second-order valence-corrected chi connectivity index (χ2v) is 6.24. The van der Waals surface area contributed by atoms with Gasteiger partial charge in [0.15, 0.2) is 11.6 Å². The molecule has 0 aromatic heterocycles. The van der Waals surface area contributed by atoms with E-state index in [9.17, 15) is 31.5 Å². The third-order valence-corrected chi connectivity index (χ3v) is 4.18. The molecule has 4 nitrogen and oxygen atoms in total. The van der Waals surface area contributed by atoms with Gasteiger partial charge in [0, 0.05) is 30.4 Å². The van der Waals surface area contributed by atoms with Gasteiger partial charge in [-0.15, -0.1) is 0 Å². The van der Waals surface area contributed by atoms with E-state index in [0.717, 1.165) is 23.1 Å².